The number of ketones is 5. The fourth-order valence-electron chi connectivity index (χ4n) is 7.33. The van der Waals surface area contributed by atoms with E-state index in [1.165, 1.54) is 13.0 Å². The molecular weight excluding hydrogens is 504 g/mol. The Balaban J connectivity index is 2.07. The minimum atomic E-state index is -2.71. The molecule has 1 aromatic carbocycles. The van der Waals surface area contributed by atoms with E-state index >= 15 is 0 Å². The zero-order valence-electron chi connectivity index (χ0n) is 23.1. The van der Waals surface area contributed by atoms with Gasteiger partial charge in [0.2, 0.25) is 17.3 Å². The van der Waals surface area contributed by atoms with E-state index < -0.39 is 85.9 Å². The van der Waals surface area contributed by atoms with Crippen LogP contribution in [0.3, 0.4) is 0 Å². The maximum atomic E-state index is 14.2. The van der Waals surface area contributed by atoms with E-state index in [1.807, 2.05) is 0 Å². The van der Waals surface area contributed by atoms with Crippen molar-refractivity contribution in [3.63, 3.8) is 0 Å². The maximum absolute atomic E-state index is 14.2. The number of hydrogen-bond donors (Lipinski definition) is 4. The van der Waals surface area contributed by atoms with Crippen LogP contribution in [0.15, 0.2) is 29.0 Å². The standard InChI is InChI=1S/C30H34O9/c1-12(2)20-24(35)18(14(5)31)26(37)30(39)27(38)21-25(36)19-16(10-28(21,6)11-29(20,30)7)15(8-9-17(19)32)23(34)22(33)13(3)4/h8-9,12-13,20,32,36-37,39H,10-11H2,1-7H3/t20?,28-,29-,30+/m1/s1. The second-order valence-corrected chi connectivity index (χ2v) is 12.3. The molecule has 1 fully saturated rings. The molecule has 208 valence electrons. The Bertz CT molecular complexity index is 1440. The van der Waals surface area contributed by atoms with Crippen molar-refractivity contribution >= 4 is 34.7 Å². The highest BCUT2D eigenvalue weighted by molar-refractivity contribution is 6.44. The summed E-state index contributed by atoms with van der Waals surface area (Å²) in [6.07, 6.45) is -0.185. The molecule has 0 radical (unpaired) electrons. The number of Topliss-reactive ketones (excluding diaryl/α,β-unsaturated/α-hetero) is 5. The number of carbonyl (C=O) groups excluding carboxylic acids is 5. The van der Waals surface area contributed by atoms with Crippen LogP contribution in [0.4, 0.5) is 0 Å². The fourth-order valence-corrected chi connectivity index (χ4v) is 7.33. The molecule has 39 heavy (non-hydrogen) atoms. The van der Waals surface area contributed by atoms with Crippen molar-refractivity contribution in [2.24, 2.45) is 28.6 Å². The molecule has 4 atom stereocenters. The van der Waals surface area contributed by atoms with E-state index in [4.69, 9.17) is 0 Å². The fraction of sp³-hybridized carbons (Fsp3) is 0.500. The Hall–Kier alpha value is -3.59. The molecule has 4 N–H and O–H groups in total. The highest BCUT2D eigenvalue weighted by Gasteiger charge is 2.72. The first-order valence-corrected chi connectivity index (χ1v) is 13.0. The molecule has 1 saturated carbocycles. The average Bonchev–Trinajstić information content (AvgIpc) is 2.80. The Morgan fingerprint density at radius 2 is 1.59 bits per heavy atom. The van der Waals surface area contributed by atoms with Crippen LogP contribution in [0.25, 0.3) is 5.76 Å². The normalized spacial score (nSPS) is 30.4. The molecule has 0 saturated heterocycles. The zero-order valence-corrected chi connectivity index (χ0v) is 23.1. The first-order chi connectivity index (χ1) is 17.9. The third kappa shape index (κ3) is 3.51. The molecule has 9 nitrogen and oxygen atoms in total. The summed E-state index contributed by atoms with van der Waals surface area (Å²) in [5, 5.41) is 45.4. The van der Waals surface area contributed by atoms with Crippen LogP contribution in [0.5, 0.6) is 5.75 Å². The summed E-state index contributed by atoms with van der Waals surface area (Å²) < 4.78 is 0. The van der Waals surface area contributed by atoms with Crippen molar-refractivity contribution in [2.45, 2.75) is 66.9 Å². The number of phenolic OH excluding ortho intramolecular Hbond substituents is 1. The van der Waals surface area contributed by atoms with Crippen molar-refractivity contribution in [2.75, 3.05) is 0 Å². The molecule has 1 aromatic rings. The number of carbonyl (C=O) groups is 5. The number of phenols is 1. The molecule has 4 rings (SSSR count). The van der Waals surface area contributed by atoms with Gasteiger partial charge in [0.25, 0.3) is 0 Å². The average molecular weight is 539 g/mol. The molecular formula is C30H34O9. The Morgan fingerprint density at radius 1 is 1.00 bits per heavy atom. The number of allylic oxidation sites excluding steroid dienone is 1. The van der Waals surface area contributed by atoms with E-state index in [2.05, 4.69) is 0 Å². The van der Waals surface area contributed by atoms with Gasteiger partial charge in [0.15, 0.2) is 17.2 Å². The van der Waals surface area contributed by atoms with Crippen LogP contribution < -0.4 is 0 Å². The second kappa shape index (κ2) is 8.71. The molecule has 0 spiro atoms. The third-order valence-corrected chi connectivity index (χ3v) is 8.88. The van der Waals surface area contributed by atoms with Gasteiger partial charge in [-0.3, -0.25) is 24.0 Å². The van der Waals surface area contributed by atoms with Crippen molar-refractivity contribution in [3.8, 4) is 5.75 Å². The summed E-state index contributed by atoms with van der Waals surface area (Å²) in [6, 6.07) is 2.44. The minimum absolute atomic E-state index is 0.0199. The number of rotatable bonds is 5. The molecule has 0 amide bonds. The number of hydrogen-bond acceptors (Lipinski definition) is 9. The van der Waals surface area contributed by atoms with Gasteiger partial charge in [-0.05, 0) is 43.4 Å². The van der Waals surface area contributed by atoms with Gasteiger partial charge in [0.05, 0.1) is 5.56 Å². The SMILES string of the molecule is CC(=O)C1=C(O)[C@]2(O)C(=O)C3=C(O)c4c(O)ccc(C(=O)C(=O)C(C)C)c4C[C@]3(C)C[C@]2(C)C(C(C)C)C1=O. The van der Waals surface area contributed by atoms with E-state index in [1.54, 1.807) is 34.6 Å². The summed E-state index contributed by atoms with van der Waals surface area (Å²) in [4.78, 5) is 65.9. The topological polar surface area (TPSA) is 166 Å². The quantitative estimate of drug-likeness (QED) is 0.249. The van der Waals surface area contributed by atoms with Crippen LogP contribution in [-0.2, 0) is 25.6 Å². The first kappa shape index (κ1) is 28.4. The van der Waals surface area contributed by atoms with Gasteiger partial charge in [-0.25, -0.2) is 0 Å². The number of benzene rings is 1. The number of aromatic hydroxyl groups is 1. The molecule has 0 aromatic heterocycles. The van der Waals surface area contributed by atoms with Crippen molar-refractivity contribution in [3.05, 3.63) is 45.7 Å². The maximum Gasteiger partial charge on any atom is 0.229 e. The minimum Gasteiger partial charge on any atom is -0.508 e. The predicted octanol–water partition coefficient (Wildman–Crippen LogP) is 3.60. The molecule has 1 unspecified atom stereocenters. The van der Waals surface area contributed by atoms with E-state index in [0.29, 0.717) is 0 Å². The van der Waals surface area contributed by atoms with Crippen molar-refractivity contribution < 1.29 is 44.4 Å². The van der Waals surface area contributed by atoms with Crippen LogP contribution >= 0.6 is 0 Å². The van der Waals surface area contributed by atoms with Gasteiger partial charge < -0.3 is 20.4 Å². The lowest BCUT2D eigenvalue weighted by atomic mass is 9.43. The number of aliphatic hydroxyl groups excluding tert-OH is 2. The summed E-state index contributed by atoms with van der Waals surface area (Å²) in [5.74, 6) is -8.32. The van der Waals surface area contributed by atoms with E-state index in [-0.39, 0.29) is 35.1 Å². The lowest BCUT2D eigenvalue weighted by Crippen LogP contribution is -2.69. The number of aliphatic hydroxyl groups is 3. The lowest BCUT2D eigenvalue weighted by Gasteiger charge is -2.59. The Morgan fingerprint density at radius 3 is 2.10 bits per heavy atom. The van der Waals surface area contributed by atoms with Gasteiger partial charge >= 0.3 is 0 Å². The highest BCUT2D eigenvalue weighted by Crippen LogP contribution is 2.65. The highest BCUT2D eigenvalue weighted by atomic mass is 16.3. The van der Waals surface area contributed by atoms with Crippen molar-refractivity contribution in [1.29, 1.82) is 0 Å². The van der Waals surface area contributed by atoms with Gasteiger partial charge in [0.1, 0.15) is 22.8 Å². The van der Waals surface area contributed by atoms with E-state index in [0.717, 1.165) is 13.0 Å². The van der Waals surface area contributed by atoms with E-state index in [9.17, 15) is 44.4 Å². The van der Waals surface area contributed by atoms with Crippen LogP contribution in [0.1, 0.15) is 76.4 Å². The number of fused-ring (bicyclic) bond motifs is 3. The summed E-state index contributed by atoms with van der Waals surface area (Å²) in [6.45, 7) is 10.8. The molecule has 3 aliphatic carbocycles. The molecule has 0 aliphatic heterocycles. The Kier molecular flexibility index (Phi) is 6.35. The lowest BCUT2D eigenvalue weighted by molar-refractivity contribution is -0.178. The van der Waals surface area contributed by atoms with Gasteiger partial charge in [-0.15, -0.1) is 0 Å². The molecule has 0 heterocycles. The predicted molar refractivity (Wildman–Crippen MR) is 140 cm³/mol. The largest absolute Gasteiger partial charge is 0.508 e. The third-order valence-electron chi connectivity index (χ3n) is 8.88. The van der Waals surface area contributed by atoms with Gasteiger partial charge in [-0.1, -0.05) is 41.5 Å². The van der Waals surface area contributed by atoms with Crippen molar-refractivity contribution in [1.82, 2.24) is 0 Å². The monoisotopic (exact) mass is 538 g/mol. The molecule has 9 heteroatoms. The summed E-state index contributed by atoms with van der Waals surface area (Å²) in [5.41, 5.74) is -6.60. The van der Waals surface area contributed by atoms with Crippen LogP contribution in [0.2, 0.25) is 0 Å². The first-order valence-electron chi connectivity index (χ1n) is 13.0. The van der Waals surface area contributed by atoms with Gasteiger partial charge in [-0.2, -0.15) is 0 Å². The van der Waals surface area contributed by atoms with Gasteiger partial charge in [0, 0.05) is 33.8 Å². The zero-order chi connectivity index (χ0) is 29.6. The molecule has 0 bridgehead atoms. The molecule has 3 aliphatic rings. The summed E-state index contributed by atoms with van der Waals surface area (Å²) in [7, 11) is 0. The second-order valence-electron chi connectivity index (χ2n) is 12.3. The summed E-state index contributed by atoms with van der Waals surface area (Å²) >= 11 is 0. The Labute approximate surface area is 226 Å². The van der Waals surface area contributed by atoms with Crippen LogP contribution in [-0.4, -0.2) is 54.9 Å². The smallest absolute Gasteiger partial charge is 0.229 e. The van der Waals surface area contributed by atoms with Crippen LogP contribution in [0, 0.1) is 28.6 Å².